The summed E-state index contributed by atoms with van der Waals surface area (Å²) in [5, 5.41) is 8.40. The van der Waals surface area contributed by atoms with E-state index >= 15 is 0 Å². The average molecular weight is 192 g/mol. The molecule has 0 radical (unpaired) electrons. The van der Waals surface area contributed by atoms with E-state index in [0.717, 1.165) is 6.42 Å². The van der Waals surface area contributed by atoms with Crippen LogP contribution in [0.15, 0.2) is 0 Å². The van der Waals surface area contributed by atoms with Gasteiger partial charge in [-0.25, -0.2) is 0 Å². The van der Waals surface area contributed by atoms with Crippen molar-refractivity contribution in [3.63, 3.8) is 0 Å². The summed E-state index contributed by atoms with van der Waals surface area (Å²) >= 11 is 0. The van der Waals surface area contributed by atoms with Crippen molar-refractivity contribution in [2.45, 2.75) is 19.4 Å². The maximum atomic E-state index is 8.40. The molecule has 0 rings (SSSR count). The highest BCUT2D eigenvalue weighted by atomic mass is 16.5. The highest BCUT2D eigenvalue weighted by Crippen LogP contribution is 1.96. The summed E-state index contributed by atoms with van der Waals surface area (Å²) in [7, 11) is 1.68. The second-order valence-electron chi connectivity index (χ2n) is 2.68. The molecule has 0 aliphatic carbocycles. The molecule has 1 atom stereocenters. The van der Waals surface area contributed by atoms with Crippen molar-refractivity contribution in [3.05, 3.63) is 0 Å². The van der Waals surface area contributed by atoms with Crippen molar-refractivity contribution in [1.82, 2.24) is 0 Å². The summed E-state index contributed by atoms with van der Waals surface area (Å²) in [5.74, 6) is 0. The van der Waals surface area contributed by atoms with Crippen LogP contribution in [0.5, 0.6) is 0 Å². The number of hydrogen-bond acceptors (Lipinski definition) is 4. The minimum Gasteiger partial charge on any atom is -0.394 e. The van der Waals surface area contributed by atoms with Crippen molar-refractivity contribution in [2.75, 3.05) is 40.1 Å². The van der Waals surface area contributed by atoms with Gasteiger partial charge in [0, 0.05) is 7.11 Å². The number of rotatable bonds is 9. The van der Waals surface area contributed by atoms with Crippen LogP contribution in [0.25, 0.3) is 0 Å². The molecular weight excluding hydrogens is 172 g/mol. The summed E-state index contributed by atoms with van der Waals surface area (Å²) in [6.07, 6.45) is 1.13. The molecule has 0 saturated heterocycles. The summed E-state index contributed by atoms with van der Waals surface area (Å²) in [6, 6.07) is 0. The van der Waals surface area contributed by atoms with E-state index in [4.69, 9.17) is 19.3 Å². The van der Waals surface area contributed by atoms with Crippen LogP contribution < -0.4 is 0 Å². The quantitative estimate of drug-likeness (QED) is 0.538. The Labute approximate surface area is 79.8 Å². The predicted octanol–water partition coefficient (Wildman–Crippen LogP) is 0.437. The second-order valence-corrected chi connectivity index (χ2v) is 2.68. The van der Waals surface area contributed by atoms with Crippen molar-refractivity contribution in [3.8, 4) is 0 Å². The van der Waals surface area contributed by atoms with Crippen LogP contribution in [0, 0.1) is 0 Å². The van der Waals surface area contributed by atoms with E-state index in [0.29, 0.717) is 26.4 Å². The molecule has 0 amide bonds. The van der Waals surface area contributed by atoms with Gasteiger partial charge in [0.25, 0.3) is 0 Å². The third-order valence-electron chi connectivity index (χ3n) is 1.70. The number of hydrogen-bond donors (Lipinski definition) is 1. The van der Waals surface area contributed by atoms with Gasteiger partial charge in [-0.15, -0.1) is 0 Å². The van der Waals surface area contributed by atoms with Crippen molar-refractivity contribution in [1.29, 1.82) is 0 Å². The standard InChI is InChI=1S/C9H20O4/c1-3-9(11-2)8-13-7-6-12-5-4-10/h9-10H,3-8H2,1-2H3. The van der Waals surface area contributed by atoms with Gasteiger partial charge in [-0.3, -0.25) is 0 Å². The number of ether oxygens (including phenoxy) is 3. The van der Waals surface area contributed by atoms with Gasteiger partial charge < -0.3 is 19.3 Å². The van der Waals surface area contributed by atoms with Gasteiger partial charge in [0.2, 0.25) is 0 Å². The minimum atomic E-state index is 0.0651. The van der Waals surface area contributed by atoms with Crippen LogP contribution in [-0.2, 0) is 14.2 Å². The molecule has 0 aliphatic heterocycles. The monoisotopic (exact) mass is 192 g/mol. The fraction of sp³-hybridized carbons (Fsp3) is 1.00. The maximum absolute atomic E-state index is 8.40. The molecule has 0 saturated carbocycles. The Bertz CT molecular complexity index is 93.6. The molecule has 1 unspecified atom stereocenters. The first-order chi connectivity index (χ1) is 6.35. The Hall–Kier alpha value is -0.160. The van der Waals surface area contributed by atoms with E-state index in [1.165, 1.54) is 0 Å². The van der Waals surface area contributed by atoms with Gasteiger partial charge in [0.05, 0.1) is 39.1 Å². The molecule has 80 valence electrons. The summed E-state index contributed by atoms with van der Waals surface area (Å²) in [5.41, 5.74) is 0. The number of aliphatic hydroxyl groups excluding tert-OH is 1. The zero-order valence-corrected chi connectivity index (χ0v) is 8.49. The Morgan fingerprint density at radius 3 is 2.38 bits per heavy atom. The van der Waals surface area contributed by atoms with Crippen LogP contribution in [0.4, 0.5) is 0 Å². The topological polar surface area (TPSA) is 47.9 Å². The summed E-state index contributed by atoms with van der Waals surface area (Å²) in [6.45, 7) is 4.19. The van der Waals surface area contributed by atoms with E-state index in [1.807, 2.05) is 0 Å². The van der Waals surface area contributed by atoms with Crippen molar-refractivity contribution in [2.24, 2.45) is 0 Å². The van der Waals surface area contributed by atoms with Gasteiger partial charge in [-0.2, -0.15) is 0 Å². The lowest BCUT2D eigenvalue weighted by molar-refractivity contribution is -0.0180. The summed E-state index contributed by atoms with van der Waals surface area (Å²) in [4.78, 5) is 0. The number of methoxy groups -OCH3 is 1. The van der Waals surface area contributed by atoms with Gasteiger partial charge in [0.15, 0.2) is 0 Å². The fourth-order valence-corrected chi connectivity index (χ4v) is 0.852. The summed E-state index contributed by atoms with van der Waals surface area (Å²) < 4.78 is 15.4. The van der Waals surface area contributed by atoms with E-state index < -0.39 is 0 Å². The molecule has 13 heavy (non-hydrogen) atoms. The van der Waals surface area contributed by atoms with E-state index in [-0.39, 0.29) is 12.7 Å². The first kappa shape index (κ1) is 12.8. The largest absolute Gasteiger partial charge is 0.394 e. The molecule has 0 aromatic carbocycles. The van der Waals surface area contributed by atoms with Gasteiger partial charge in [-0.1, -0.05) is 6.92 Å². The normalized spacial score (nSPS) is 13.2. The number of aliphatic hydroxyl groups is 1. The molecule has 0 aliphatic rings. The fourth-order valence-electron chi connectivity index (χ4n) is 0.852. The van der Waals surface area contributed by atoms with E-state index in [2.05, 4.69) is 6.92 Å². The zero-order valence-electron chi connectivity index (χ0n) is 8.49. The molecule has 0 heterocycles. The highest BCUT2D eigenvalue weighted by molar-refractivity contribution is 4.51. The zero-order chi connectivity index (χ0) is 9.94. The van der Waals surface area contributed by atoms with Crippen LogP contribution in [-0.4, -0.2) is 51.4 Å². The third kappa shape index (κ3) is 8.18. The Morgan fingerprint density at radius 1 is 1.15 bits per heavy atom. The Morgan fingerprint density at radius 2 is 1.85 bits per heavy atom. The van der Waals surface area contributed by atoms with Crippen molar-refractivity contribution < 1.29 is 19.3 Å². The van der Waals surface area contributed by atoms with Gasteiger partial charge >= 0.3 is 0 Å². The molecule has 0 aromatic heterocycles. The average Bonchev–Trinajstić information content (AvgIpc) is 2.17. The van der Waals surface area contributed by atoms with E-state index in [1.54, 1.807) is 7.11 Å². The van der Waals surface area contributed by atoms with Crippen LogP contribution in [0.2, 0.25) is 0 Å². The van der Waals surface area contributed by atoms with Gasteiger partial charge in [-0.05, 0) is 6.42 Å². The Kier molecular flexibility index (Phi) is 9.80. The molecule has 4 heteroatoms. The first-order valence-corrected chi connectivity index (χ1v) is 4.64. The third-order valence-corrected chi connectivity index (χ3v) is 1.70. The van der Waals surface area contributed by atoms with Gasteiger partial charge in [0.1, 0.15) is 0 Å². The lowest BCUT2D eigenvalue weighted by atomic mass is 10.3. The molecule has 0 aromatic rings. The molecule has 1 N–H and O–H groups in total. The smallest absolute Gasteiger partial charge is 0.0802 e. The minimum absolute atomic E-state index is 0.0651. The predicted molar refractivity (Wildman–Crippen MR) is 49.8 cm³/mol. The molecule has 0 spiro atoms. The van der Waals surface area contributed by atoms with Crippen LogP contribution >= 0.6 is 0 Å². The SMILES string of the molecule is CCC(COCCOCCO)OC. The molecular formula is C9H20O4. The lowest BCUT2D eigenvalue weighted by Crippen LogP contribution is -2.19. The Balaban J connectivity index is 3.05. The second kappa shape index (κ2) is 9.92. The maximum Gasteiger partial charge on any atom is 0.0802 e. The molecule has 0 bridgehead atoms. The molecule has 0 fully saturated rings. The van der Waals surface area contributed by atoms with Crippen LogP contribution in [0.1, 0.15) is 13.3 Å². The molecule has 4 nitrogen and oxygen atoms in total. The first-order valence-electron chi connectivity index (χ1n) is 4.64. The highest BCUT2D eigenvalue weighted by Gasteiger charge is 2.02. The van der Waals surface area contributed by atoms with Crippen LogP contribution in [0.3, 0.4) is 0 Å². The lowest BCUT2D eigenvalue weighted by Gasteiger charge is -2.12. The van der Waals surface area contributed by atoms with E-state index in [9.17, 15) is 0 Å². The van der Waals surface area contributed by atoms with Crippen molar-refractivity contribution >= 4 is 0 Å².